The van der Waals surface area contributed by atoms with Crippen LogP contribution in [0.4, 0.5) is 19.9 Å². The molecule has 2 amide bonds. The van der Waals surface area contributed by atoms with Crippen molar-refractivity contribution in [1.82, 2.24) is 15.2 Å². The van der Waals surface area contributed by atoms with E-state index < -0.39 is 11.4 Å². The first-order valence-corrected chi connectivity index (χ1v) is 12.9. The van der Waals surface area contributed by atoms with E-state index in [9.17, 15) is 14.0 Å². The van der Waals surface area contributed by atoms with Crippen LogP contribution in [0.25, 0.3) is 10.2 Å². The highest BCUT2D eigenvalue weighted by Crippen LogP contribution is 2.37. The van der Waals surface area contributed by atoms with Crippen LogP contribution in [-0.4, -0.2) is 46.6 Å². The van der Waals surface area contributed by atoms with Crippen LogP contribution in [0.5, 0.6) is 0 Å². The number of carbonyl (C=O) groups excluding carboxylic acids is 2. The van der Waals surface area contributed by atoms with Crippen LogP contribution in [0.15, 0.2) is 36.5 Å². The number of carbonyl (C=O) groups is 2. The van der Waals surface area contributed by atoms with E-state index in [0.29, 0.717) is 52.4 Å². The summed E-state index contributed by atoms with van der Waals surface area (Å²) in [7, 11) is 0. The molecule has 3 heterocycles. The summed E-state index contributed by atoms with van der Waals surface area (Å²) in [5.74, 6) is -0.637. The van der Waals surface area contributed by atoms with Gasteiger partial charge in [0.25, 0.3) is 5.91 Å². The fraction of sp³-hybridized carbons (Fsp3) is 0.375. The molecule has 0 spiro atoms. The van der Waals surface area contributed by atoms with Gasteiger partial charge in [-0.3, -0.25) is 4.79 Å². The number of nitrogens with zero attached hydrogens (tertiary/aromatic N) is 2. The lowest BCUT2D eigenvalue weighted by Gasteiger charge is -2.33. The van der Waals surface area contributed by atoms with Crippen LogP contribution in [0.3, 0.4) is 0 Å². The van der Waals surface area contributed by atoms with Crippen molar-refractivity contribution in [2.75, 3.05) is 18.4 Å². The Morgan fingerprint density at radius 1 is 1.24 bits per heavy atom. The van der Waals surface area contributed by atoms with Crippen LogP contribution in [0.1, 0.15) is 44.0 Å². The normalized spacial score (nSPS) is 14.8. The Morgan fingerprint density at radius 2 is 1.97 bits per heavy atom. The van der Waals surface area contributed by atoms with Crippen LogP contribution >= 0.6 is 33.9 Å². The van der Waals surface area contributed by atoms with Gasteiger partial charge in [-0.15, -0.1) is 0 Å². The number of benzene rings is 1. The van der Waals surface area contributed by atoms with Crippen molar-refractivity contribution in [1.29, 1.82) is 0 Å². The molecule has 0 aliphatic carbocycles. The molecular formula is C24H26FIN4O3S. The van der Waals surface area contributed by atoms with E-state index in [1.54, 1.807) is 29.3 Å². The molecule has 0 atom stereocenters. The van der Waals surface area contributed by atoms with Gasteiger partial charge >= 0.3 is 6.09 Å². The molecular weight excluding hydrogens is 570 g/mol. The molecule has 2 aromatic heterocycles. The van der Waals surface area contributed by atoms with Gasteiger partial charge in [0.1, 0.15) is 21.2 Å². The summed E-state index contributed by atoms with van der Waals surface area (Å²) in [6.45, 7) is 6.53. The van der Waals surface area contributed by atoms with Crippen molar-refractivity contribution < 1.29 is 18.7 Å². The van der Waals surface area contributed by atoms with Crippen LogP contribution in [-0.2, 0) is 4.74 Å². The van der Waals surface area contributed by atoms with Gasteiger partial charge < -0.3 is 20.3 Å². The topological polar surface area (TPSA) is 83.6 Å². The average molecular weight is 596 g/mol. The number of rotatable bonds is 4. The van der Waals surface area contributed by atoms with E-state index in [-0.39, 0.29) is 18.0 Å². The van der Waals surface area contributed by atoms with E-state index in [2.05, 4.69) is 38.2 Å². The van der Waals surface area contributed by atoms with Gasteiger partial charge in [-0.25, -0.2) is 14.2 Å². The summed E-state index contributed by atoms with van der Waals surface area (Å²) in [6, 6.07) is 8.43. The molecule has 1 aliphatic heterocycles. The third-order valence-corrected chi connectivity index (χ3v) is 7.05. The highest BCUT2D eigenvalue weighted by atomic mass is 127. The first kappa shape index (κ1) is 24.6. The summed E-state index contributed by atoms with van der Waals surface area (Å²) >= 11 is 3.36. The maximum atomic E-state index is 14.5. The Morgan fingerprint density at radius 3 is 2.65 bits per heavy atom. The molecule has 1 saturated heterocycles. The zero-order valence-corrected chi connectivity index (χ0v) is 22.1. The van der Waals surface area contributed by atoms with Crippen molar-refractivity contribution >= 4 is 66.8 Å². The molecule has 0 saturated carbocycles. The number of nitrogens with one attached hydrogen (secondary N) is 2. The number of thiophene rings is 1. The number of pyridine rings is 1. The number of halogens is 2. The third kappa shape index (κ3) is 5.77. The second-order valence-electron chi connectivity index (χ2n) is 9.13. The van der Waals surface area contributed by atoms with Crippen molar-refractivity contribution in [3.63, 3.8) is 0 Å². The van der Waals surface area contributed by atoms with Crippen molar-refractivity contribution in [3.05, 3.63) is 51.5 Å². The molecule has 1 aromatic carbocycles. The summed E-state index contributed by atoms with van der Waals surface area (Å²) in [5, 5.41) is 7.44. The van der Waals surface area contributed by atoms with Crippen LogP contribution in [0, 0.1) is 9.39 Å². The standard InChI is InChI=1S/C24H26FIN4O3S/c1-24(2,3)33-23(32)30-11-8-15(9-12-30)28-20(31)19-16-5-4-10-27-21(16)34-22(19)29-18-7-6-14(26)13-17(18)25/h4-7,10,13,15,29H,8-9,11-12H2,1-3H3,(H,28,31). The van der Waals surface area contributed by atoms with E-state index in [1.165, 1.54) is 17.4 Å². The summed E-state index contributed by atoms with van der Waals surface area (Å²) in [5.41, 5.74) is 0.197. The summed E-state index contributed by atoms with van der Waals surface area (Å²) in [4.78, 5) is 32.4. The number of fused-ring (bicyclic) bond motifs is 1. The average Bonchev–Trinajstić information content (AvgIpc) is 3.13. The molecule has 1 aliphatic rings. The maximum absolute atomic E-state index is 14.5. The lowest BCUT2D eigenvalue weighted by molar-refractivity contribution is 0.0199. The van der Waals surface area contributed by atoms with Crippen molar-refractivity contribution in [3.8, 4) is 0 Å². The number of aromatic nitrogens is 1. The molecule has 7 nitrogen and oxygen atoms in total. The summed E-state index contributed by atoms with van der Waals surface area (Å²) < 4.78 is 20.7. The van der Waals surface area contributed by atoms with Gasteiger partial charge in [-0.2, -0.15) is 0 Å². The van der Waals surface area contributed by atoms with Gasteiger partial charge in [0.05, 0.1) is 11.3 Å². The largest absolute Gasteiger partial charge is 0.444 e. The molecule has 1 fully saturated rings. The lowest BCUT2D eigenvalue weighted by atomic mass is 10.0. The van der Waals surface area contributed by atoms with Crippen LogP contribution < -0.4 is 10.6 Å². The highest BCUT2D eigenvalue weighted by molar-refractivity contribution is 14.1. The van der Waals surface area contributed by atoms with Gasteiger partial charge in [0.15, 0.2) is 0 Å². The fourth-order valence-electron chi connectivity index (χ4n) is 3.75. The monoisotopic (exact) mass is 596 g/mol. The Labute approximate surface area is 215 Å². The number of anilines is 2. The van der Waals surface area contributed by atoms with Gasteiger partial charge in [-0.05, 0) is 86.5 Å². The van der Waals surface area contributed by atoms with Crippen molar-refractivity contribution in [2.24, 2.45) is 0 Å². The first-order valence-electron chi connectivity index (χ1n) is 11.0. The Hall–Kier alpha value is -2.47. The number of ether oxygens (including phenoxy) is 1. The van der Waals surface area contributed by atoms with E-state index in [1.807, 2.05) is 26.8 Å². The second-order valence-corrected chi connectivity index (χ2v) is 11.4. The quantitative estimate of drug-likeness (QED) is 0.366. The first-order chi connectivity index (χ1) is 16.1. The summed E-state index contributed by atoms with van der Waals surface area (Å²) in [6.07, 6.45) is 2.58. The number of amides is 2. The van der Waals surface area contributed by atoms with E-state index >= 15 is 0 Å². The molecule has 3 aromatic rings. The SMILES string of the molecule is CC(C)(C)OC(=O)N1CCC(NC(=O)c2c(Nc3ccc(I)cc3F)sc3ncccc23)CC1. The predicted octanol–water partition coefficient (Wildman–Crippen LogP) is 5.91. The minimum atomic E-state index is -0.546. The number of likely N-dealkylation sites (tertiary alicyclic amines) is 1. The van der Waals surface area contributed by atoms with Gasteiger partial charge in [0, 0.05) is 34.3 Å². The number of piperidine rings is 1. The molecule has 0 radical (unpaired) electrons. The van der Waals surface area contributed by atoms with E-state index in [4.69, 9.17) is 4.74 Å². The lowest BCUT2D eigenvalue weighted by Crippen LogP contribution is -2.47. The molecule has 0 bridgehead atoms. The number of hydrogen-bond acceptors (Lipinski definition) is 6. The maximum Gasteiger partial charge on any atom is 0.410 e. The van der Waals surface area contributed by atoms with E-state index in [0.717, 1.165) is 3.57 Å². The minimum absolute atomic E-state index is 0.0827. The Balaban J connectivity index is 1.49. The Kier molecular flexibility index (Phi) is 7.27. The molecule has 2 N–H and O–H groups in total. The molecule has 180 valence electrons. The Bertz CT molecular complexity index is 1220. The molecule has 34 heavy (non-hydrogen) atoms. The van der Waals surface area contributed by atoms with Gasteiger partial charge in [-0.1, -0.05) is 11.3 Å². The predicted molar refractivity (Wildman–Crippen MR) is 140 cm³/mol. The minimum Gasteiger partial charge on any atom is -0.444 e. The third-order valence-electron chi connectivity index (χ3n) is 5.35. The zero-order valence-electron chi connectivity index (χ0n) is 19.2. The smallest absolute Gasteiger partial charge is 0.410 e. The number of hydrogen-bond donors (Lipinski definition) is 2. The highest BCUT2D eigenvalue weighted by Gasteiger charge is 2.29. The molecule has 4 rings (SSSR count). The molecule has 0 unspecified atom stereocenters. The second kappa shape index (κ2) is 10.0. The van der Waals surface area contributed by atoms with Crippen molar-refractivity contribution in [2.45, 2.75) is 45.3 Å². The van der Waals surface area contributed by atoms with Crippen LogP contribution in [0.2, 0.25) is 0 Å². The molecule has 10 heteroatoms. The zero-order chi connectivity index (χ0) is 24.5. The fourth-order valence-corrected chi connectivity index (χ4v) is 5.26. The van der Waals surface area contributed by atoms with Gasteiger partial charge in [0.2, 0.25) is 0 Å².